The summed E-state index contributed by atoms with van der Waals surface area (Å²) in [6, 6.07) is 1.74. The van der Waals surface area contributed by atoms with Crippen LogP contribution in [-0.2, 0) is 0 Å². The summed E-state index contributed by atoms with van der Waals surface area (Å²) >= 11 is 0. The second-order valence-electron chi connectivity index (χ2n) is 3.05. The minimum absolute atomic E-state index is 0.0993. The van der Waals surface area contributed by atoms with Crippen LogP contribution in [-0.4, -0.2) is 22.6 Å². The zero-order valence-corrected chi connectivity index (χ0v) is 8.05. The second-order valence-corrected chi connectivity index (χ2v) is 3.05. The number of aromatic amines is 1. The van der Waals surface area contributed by atoms with Crippen molar-refractivity contribution in [2.24, 2.45) is 0 Å². The maximum Gasteiger partial charge on any atom is 0.271 e. The zero-order valence-electron chi connectivity index (χ0n) is 8.05. The molecule has 0 aliphatic carbocycles. The molecule has 0 spiro atoms. The van der Waals surface area contributed by atoms with Crippen molar-refractivity contribution in [3.8, 4) is 0 Å². The summed E-state index contributed by atoms with van der Waals surface area (Å²) in [7, 11) is 0. The van der Waals surface area contributed by atoms with Crippen molar-refractivity contribution in [3.05, 3.63) is 17.5 Å². The van der Waals surface area contributed by atoms with E-state index in [9.17, 15) is 4.79 Å². The number of aromatic nitrogens is 2. The summed E-state index contributed by atoms with van der Waals surface area (Å²) in [6.07, 6.45) is 2.09. The number of unbranched alkanes of at least 4 members (excludes halogenated alkanes) is 1. The van der Waals surface area contributed by atoms with E-state index in [4.69, 9.17) is 0 Å². The van der Waals surface area contributed by atoms with Crippen molar-refractivity contribution in [2.45, 2.75) is 26.7 Å². The first-order chi connectivity index (χ1) is 6.24. The van der Waals surface area contributed by atoms with Gasteiger partial charge in [-0.05, 0) is 19.4 Å². The van der Waals surface area contributed by atoms with Crippen molar-refractivity contribution in [1.29, 1.82) is 0 Å². The number of nitrogens with one attached hydrogen (secondary N) is 2. The van der Waals surface area contributed by atoms with Crippen LogP contribution in [0.4, 0.5) is 0 Å². The molecule has 1 aromatic heterocycles. The second kappa shape index (κ2) is 4.64. The lowest BCUT2D eigenvalue weighted by Gasteiger charge is -1.99. The van der Waals surface area contributed by atoms with Crippen LogP contribution in [0.5, 0.6) is 0 Å². The lowest BCUT2D eigenvalue weighted by Crippen LogP contribution is -2.24. The van der Waals surface area contributed by atoms with Gasteiger partial charge in [-0.25, -0.2) is 0 Å². The number of nitrogens with zero attached hydrogens (tertiary/aromatic N) is 1. The van der Waals surface area contributed by atoms with E-state index in [0.29, 0.717) is 5.69 Å². The molecule has 0 radical (unpaired) electrons. The molecule has 0 aliphatic heterocycles. The highest BCUT2D eigenvalue weighted by atomic mass is 16.1. The van der Waals surface area contributed by atoms with Gasteiger partial charge in [0.2, 0.25) is 0 Å². The Bertz CT molecular complexity index is 280. The molecule has 0 atom stereocenters. The van der Waals surface area contributed by atoms with Crippen LogP contribution in [0.1, 0.15) is 35.9 Å². The van der Waals surface area contributed by atoms with Gasteiger partial charge < -0.3 is 5.32 Å². The van der Waals surface area contributed by atoms with E-state index in [1.165, 1.54) is 0 Å². The molecule has 13 heavy (non-hydrogen) atoms. The fourth-order valence-corrected chi connectivity index (χ4v) is 1.00. The maximum absolute atomic E-state index is 11.3. The number of carbonyl (C=O) groups is 1. The molecule has 0 fully saturated rings. The van der Waals surface area contributed by atoms with Crippen LogP contribution in [0.3, 0.4) is 0 Å². The Labute approximate surface area is 77.7 Å². The average Bonchev–Trinajstić information content (AvgIpc) is 2.52. The fraction of sp³-hybridized carbons (Fsp3) is 0.556. The summed E-state index contributed by atoms with van der Waals surface area (Å²) in [6.45, 7) is 4.68. The highest BCUT2D eigenvalue weighted by molar-refractivity contribution is 5.92. The van der Waals surface area contributed by atoms with E-state index in [1.807, 2.05) is 6.92 Å². The summed E-state index contributed by atoms with van der Waals surface area (Å²) < 4.78 is 0. The lowest BCUT2D eigenvalue weighted by molar-refractivity contribution is 0.0948. The third-order valence-electron chi connectivity index (χ3n) is 1.75. The van der Waals surface area contributed by atoms with Crippen molar-refractivity contribution < 1.29 is 4.79 Å². The van der Waals surface area contributed by atoms with Gasteiger partial charge in [0.25, 0.3) is 5.91 Å². The van der Waals surface area contributed by atoms with Crippen LogP contribution in [0.15, 0.2) is 6.07 Å². The van der Waals surface area contributed by atoms with Crippen molar-refractivity contribution in [3.63, 3.8) is 0 Å². The third-order valence-corrected chi connectivity index (χ3v) is 1.75. The monoisotopic (exact) mass is 181 g/mol. The topological polar surface area (TPSA) is 57.8 Å². The molecule has 2 N–H and O–H groups in total. The molecule has 1 aromatic rings. The molecule has 72 valence electrons. The molecule has 1 rings (SSSR count). The zero-order chi connectivity index (χ0) is 9.68. The summed E-state index contributed by atoms with van der Waals surface area (Å²) in [5.41, 5.74) is 1.37. The molecule has 0 aromatic carbocycles. The van der Waals surface area contributed by atoms with Gasteiger partial charge in [0, 0.05) is 12.2 Å². The average molecular weight is 181 g/mol. The predicted molar refractivity (Wildman–Crippen MR) is 50.6 cm³/mol. The number of amides is 1. The molecular formula is C9H15N3O. The summed E-state index contributed by atoms with van der Waals surface area (Å²) in [5.74, 6) is -0.0993. The van der Waals surface area contributed by atoms with Crippen LogP contribution >= 0.6 is 0 Å². The van der Waals surface area contributed by atoms with Crippen LogP contribution in [0, 0.1) is 6.92 Å². The van der Waals surface area contributed by atoms with Gasteiger partial charge in [0.15, 0.2) is 0 Å². The van der Waals surface area contributed by atoms with E-state index in [-0.39, 0.29) is 5.91 Å². The van der Waals surface area contributed by atoms with Gasteiger partial charge in [-0.2, -0.15) is 5.10 Å². The standard InChI is InChI=1S/C9H15N3O/c1-3-4-5-10-9(13)8-6-7(2)11-12-8/h6H,3-5H2,1-2H3,(H,10,13)(H,11,12). The van der Waals surface area contributed by atoms with E-state index < -0.39 is 0 Å². The fourth-order valence-electron chi connectivity index (χ4n) is 1.00. The maximum atomic E-state index is 11.3. The molecule has 0 saturated heterocycles. The molecule has 0 aliphatic rings. The van der Waals surface area contributed by atoms with E-state index >= 15 is 0 Å². The first-order valence-electron chi connectivity index (χ1n) is 4.54. The van der Waals surface area contributed by atoms with Crippen LogP contribution < -0.4 is 5.32 Å². The van der Waals surface area contributed by atoms with E-state index in [1.54, 1.807) is 6.07 Å². The Morgan fingerprint density at radius 3 is 3.00 bits per heavy atom. The van der Waals surface area contributed by atoms with Crippen LogP contribution in [0.25, 0.3) is 0 Å². The van der Waals surface area contributed by atoms with Crippen molar-refractivity contribution in [2.75, 3.05) is 6.54 Å². The van der Waals surface area contributed by atoms with Gasteiger partial charge in [-0.15, -0.1) is 0 Å². The van der Waals surface area contributed by atoms with E-state index in [2.05, 4.69) is 22.4 Å². The Kier molecular flexibility index (Phi) is 3.49. The highest BCUT2D eigenvalue weighted by Crippen LogP contribution is 1.97. The predicted octanol–water partition coefficient (Wildman–Crippen LogP) is 1.25. The molecule has 1 amide bonds. The normalized spacial score (nSPS) is 10.0. The minimum atomic E-state index is -0.0993. The first-order valence-corrected chi connectivity index (χ1v) is 4.54. The summed E-state index contributed by atoms with van der Waals surface area (Å²) in [5, 5.41) is 9.38. The SMILES string of the molecule is CCCCNC(=O)c1cc(C)[nH]n1. The number of rotatable bonds is 4. The largest absolute Gasteiger partial charge is 0.351 e. The van der Waals surface area contributed by atoms with Crippen LogP contribution in [0.2, 0.25) is 0 Å². The minimum Gasteiger partial charge on any atom is -0.351 e. The quantitative estimate of drug-likeness (QED) is 0.687. The lowest BCUT2D eigenvalue weighted by atomic mass is 10.3. The number of hydrogen-bond acceptors (Lipinski definition) is 2. The Morgan fingerprint density at radius 1 is 1.69 bits per heavy atom. The Morgan fingerprint density at radius 2 is 2.46 bits per heavy atom. The third kappa shape index (κ3) is 2.89. The molecule has 0 saturated carbocycles. The Balaban J connectivity index is 2.40. The summed E-state index contributed by atoms with van der Waals surface area (Å²) in [4.78, 5) is 11.3. The highest BCUT2D eigenvalue weighted by Gasteiger charge is 2.06. The number of hydrogen-bond donors (Lipinski definition) is 2. The number of H-pyrrole nitrogens is 1. The van der Waals surface area contributed by atoms with Gasteiger partial charge in [0.1, 0.15) is 5.69 Å². The molecule has 4 heteroatoms. The first kappa shape index (κ1) is 9.77. The molecule has 4 nitrogen and oxygen atoms in total. The molecule has 0 unspecified atom stereocenters. The van der Waals surface area contributed by atoms with Gasteiger partial charge >= 0.3 is 0 Å². The van der Waals surface area contributed by atoms with Gasteiger partial charge in [0.05, 0.1) is 0 Å². The molecular weight excluding hydrogens is 166 g/mol. The Hall–Kier alpha value is -1.32. The van der Waals surface area contributed by atoms with Crippen molar-refractivity contribution in [1.82, 2.24) is 15.5 Å². The number of aryl methyl sites for hydroxylation is 1. The smallest absolute Gasteiger partial charge is 0.271 e. The van der Waals surface area contributed by atoms with E-state index in [0.717, 1.165) is 25.1 Å². The van der Waals surface area contributed by atoms with Gasteiger partial charge in [-0.3, -0.25) is 9.89 Å². The molecule has 1 heterocycles. The van der Waals surface area contributed by atoms with Crippen molar-refractivity contribution >= 4 is 5.91 Å². The molecule has 0 bridgehead atoms. The number of carbonyl (C=O) groups excluding carboxylic acids is 1. The van der Waals surface area contributed by atoms with Gasteiger partial charge in [-0.1, -0.05) is 13.3 Å².